The van der Waals surface area contributed by atoms with E-state index in [-0.39, 0.29) is 0 Å². The van der Waals surface area contributed by atoms with Crippen LogP contribution in [0.15, 0.2) is 127 Å². The van der Waals surface area contributed by atoms with Crippen molar-refractivity contribution in [2.75, 3.05) is 79.6 Å². The highest BCUT2D eigenvalue weighted by molar-refractivity contribution is 5.71. The van der Waals surface area contributed by atoms with E-state index in [1.54, 1.807) is 0 Å². The fourth-order valence-corrected chi connectivity index (χ4v) is 5.28. The predicted octanol–water partition coefficient (Wildman–Crippen LogP) is 6.81. The van der Waals surface area contributed by atoms with E-state index in [1.165, 1.54) is 22.5 Å². The second kappa shape index (κ2) is 16.2. The van der Waals surface area contributed by atoms with Crippen molar-refractivity contribution in [3.63, 3.8) is 0 Å². The van der Waals surface area contributed by atoms with Gasteiger partial charge in [-0.2, -0.15) is 0 Å². The van der Waals surface area contributed by atoms with E-state index in [9.17, 15) is 0 Å². The van der Waals surface area contributed by atoms with Crippen LogP contribution in [0.5, 0.6) is 0 Å². The van der Waals surface area contributed by atoms with Gasteiger partial charge in [-0.3, -0.25) is 0 Å². The smallest absolute Gasteiger partial charge is 0.0642 e. The number of anilines is 5. The van der Waals surface area contributed by atoms with E-state index in [1.807, 2.05) is 66.7 Å². The van der Waals surface area contributed by atoms with Crippen molar-refractivity contribution >= 4 is 28.4 Å². The molecule has 2 fully saturated rings. The summed E-state index contributed by atoms with van der Waals surface area (Å²) >= 11 is 0. The molecule has 0 radical (unpaired) electrons. The van der Waals surface area contributed by atoms with E-state index in [0.717, 1.165) is 80.8 Å². The molecule has 0 saturated carbocycles. The second-order valence-corrected chi connectivity index (χ2v) is 11.0. The molecule has 232 valence electrons. The van der Waals surface area contributed by atoms with Crippen molar-refractivity contribution in [1.82, 2.24) is 0 Å². The van der Waals surface area contributed by atoms with Gasteiger partial charge in [0.1, 0.15) is 0 Å². The van der Waals surface area contributed by atoms with E-state index in [2.05, 4.69) is 70.5 Å². The third-order valence-electron chi connectivity index (χ3n) is 7.71. The Bertz CT molecular complexity index is 1600. The molecule has 0 aliphatic carbocycles. The SMILES string of the molecule is Nc1cccc(-c2ccc(N3CCOCC3)cc2)c1.Nc1cccc(-c2cccc(N3CCOCC3)c2)c1.Nc1ccccc1. The normalized spacial score (nSPS) is 14.4. The number of hydrogen-bond acceptors (Lipinski definition) is 7. The lowest BCUT2D eigenvalue weighted by atomic mass is 10.0. The molecule has 7 nitrogen and oxygen atoms in total. The number of nitrogen functional groups attached to an aromatic ring is 3. The Morgan fingerprint density at radius 2 is 0.822 bits per heavy atom. The Morgan fingerprint density at radius 3 is 1.31 bits per heavy atom. The monoisotopic (exact) mass is 601 g/mol. The maximum absolute atomic E-state index is 5.85. The minimum absolute atomic E-state index is 0.800. The standard InChI is InChI=1S/2C16H18N2O.C6H7N/c17-15-5-1-3-13(11-15)14-4-2-6-16(12-14)18-7-9-19-10-8-18;17-15-3-1-2-14(12-15)13-4-6-16(7-5-13)18-8-10-19-11-9-18;7-6-4-2-1-3-5-6/h1-6,11-12H,7-10,17H2;1-7,12H,8-11,17H2;1-5H,7H2. The molecule has 2 aliphatic rings. The van der Waals surface area contributed by atoms with Crippen molar-refractivity contribution in [3.05, 3.63) is 127 Å². The van der Waals surface area contributed by atoms with Crippen LogP contribution in [0.4, 0.5) is 28.4 Å². The Hall–Kier alpha value is -4.98. The predicted molar refractivity (Wildman–Crippen MR) is 189 cm³/mol. The number of ether oxygens (including phenoxy) is 2. The van der Waals surface area contributed by atoms with Gasteiger partial charge in [-0.15, -0.1) is 0 Å². The number of nitrogens with two attached hydrogens (primary N) is 3. The van der Waals surface area contributed by atoms with Crippen LogP contribution in [-0.4, -0.2) is 52.6 Å². The maximum Gasteiger partial charge on any atom is 0.0642 e. The van der Waals surface area contributed by atoms with Crippen LogP contribution in [-0.2, 0) is 9.47 Å². The molecule has 2 saturated heterocycles. The van der Waals surface area contributed by atoms with Crippen LogP contribution in [0.2, 0.25) is 0 Å². The van der Waals surface area contributed by atoms with Gasteiger partial charge in [-0.05, 0) is 82.9 Å². The summed E-state index contributed by atoms with van der Waals surface area (Å²) in [5, 5.41) is 0. The molecule has 0 atom stereocenters. The third-order valence-corrected chi connectivity index (χ3v) is 7.71. The Balaban J connectivity index is 0.000000147. The fourth-order valence-electron chi connectivity index (χ4n) is 5.28. The quantitative estimate of drug-likeness (QED) is 0.194. The van der Waals surface area contributed by atoms with Gasteiger partial charge in [0.05, 0.1) is 26.4 Å². The van der Waals surface area contributed by atoms with Gasteiger partial charge in [-0.25, -0.2) is 0 Å². The molecule has 0 amide bonds. The Labute approximate surface area is 266 Å². The number of nitrogens with zero attached hydrogens (tertiary/aromatic N) is 2. The molecule has 6 N–H and O–H groups in total. The highest BCUT2D eigenvalue weighted by Crippen LogP contribution is 2.27. The van der Waals surface area contributed by atoms with E-state index in [0.29, 0.717) is 0 Å². The lowest BCUT2D eigenvalue weighted by Gasteiger charge is -2.29. The summed E-state index contributed by atoms with van der Waals surface area (Å²) in [6.07, 6.45) is 0. The molecule has 0 unspecified atom stereocenters. The van der Waals surface area contributed by atoms with E-state index < -0.39 is 0 Å². The summed E-state index contributed by atoms with van der Waals surface area (Å²) in [5.74, 6) is 0. The van der Waals surface area contributed by atoms with Crippen LogP contribution in [0.25, 0.3) is 22.3 Å². The molecule has 2 aliphatic heterocycles. The number of para-hydroxylation sites is 1. The first-order valence-electron chi connectivity index (χ1n) is 15.4. The first-order chi connectivity index (χ1) is 22.0. The topological polar surface area (TPSA) is 103 Å². The first-order valence-corrected chi connectivity index (χ1v) is 15.4. The summed E-state index contributed by atoms with van der Waals surface area (Å²) in [7, 11) is 0. The lowest BCUT2D eigenvalue weighted by molar-refractivity contribution is 0.122. The van der Waals surface area contributed by atoms with Crippen molar-refractivity contribution in [2.45, 2.75) is 0 Å². The molecule has 0 spiro atoms. The zero-order valence-electron chi connectivity index (χ0n) is 25.7. The summed E-state index contributed by atoms with van der Waals surface area (Å²) in [5.41, 5.74) is 26.7. The number of morpholine rings is 2. The highest BCUT2D eigenvalue weighted by Gasteiger charge is 2.12. The molecule has 45 heavy (non-hydrogen) atoms. The molecule has 5 aromatic rings. The summed E-state index contributed by atoms with van der Waals surface area (Å²) in [6, 6.07) is 42.7. The zero-order valence-corrected chi connectivity index (χ0v) is 25.7. The van der Waals surface area contributed by atoms with Crippen molar-refractivity contribution in [2.24, 2.45) is 0 Å². The van der Waals surface area contributed by atoms with Crippen molar-refractivity contribution in [3.8, 4) is 22.3 Å². The first kappa shape index (κ1) is 31.4. The van der Waals surface area contributed by atoms with Gasteiger partial charge in [0, 0.05) is 54.6 Å². The Kier molecular flexibility index (Phi) is 11.3. The van der Waals surface area contributed by atoms with Crippen LogP contribution < -0.4 is 27.0 Å². The lowest BCUT2D eigenvalue weighted by Crippen LogP contribution is -2.36. The summed E-state index contributed by atoms with van der Waals surface area (Å²) < 4.78 is 10.8. The molecule has 2 heterocycles. The fraction of sp³-hybridized carbons (Fsp3) is 0.211. The molecule has 5 aromatic carbocycles. The van der Waals surface area contributed by atoms with Crippen LogP contribution in [0, 0.1) is 0 Å². The largest absolute Gasteiger partial charge is 0.399 e. The highest BCUT2D eigenvalue weighted by atomic mass is 16.5. The van der Waals surface area contributed by atoms with Crippen molar-refractivity contribution in [1.29, 1.82) is 0 Å². The average Bonchev–Trinajstić information content (AvgIpc) is 3.10. The number of hydrogen-bond donors (Lipinski definition) is 3. The van der Waals surface area contributed by atoms with Crippen LogP contribution >= 0.6 is 0 Å². The third kappa shape index (κ3) is 9.50. The molecule has 0 aromatic heterocycles. The molecule has 7 heteroatoms. The van der Waals surface area contributed by atoms with Gasteiger partial charge < -0.3 is 36.5 Å². The van der Waals surface area contributed by atoms with E-state index in [4.69, 9.17) is 26.7 Å². The summed E-state index contributed by atoms with van der Waals surface area (Å²) in [4.78, 5) is 4.71. The minimum atomic E-state index is 0.800. The van der Waals surface area contributed by atoms with Gasteiger partial charge in [-0.1, -0.05) is 66.7 Å². The average molecular weight is 602 g/mol. The van der Waals surface area contributed by atoms with Gasteiger partial charge in [0.25, 0.3) is 0 Å². The Morgan fingerprint density at radius 1 is 0.378 bits per heavy atom. The maximum atomic E-state index is 5.85. The minimum Gasteiger partial charge on any atom is -0.399 e. The van der Waals surface area contributed by atoms with Crippen molar-refractivity contribution < 1.29 is 9.47 Å². The molecular formula is C38H43N5O2. The van der Waals surface area contributed by atoms with Gasteiger partial charge in [0.15, 0.2) is 0 Å². The molecular weight excluding hydrogens is 558 g/mol. The second-order valence-electron chi connectivity index (χ2n) is 11.0. The zero-order chi connectivity index (χ0) is 31.3. The summed E-state index contributed by atoms with van der Waals surface area (Å²) in [6.45, 7) is 7.11. The van der Waals surface area contributed by atoms with Crippen LogP contribution in [0.1, 0.15) is 0 Å². The molecule has 7 rings (SSSR count). The molecule has 0 bridgehead atoms. The van der Waals surface area contributed by atoms with E-state index >= 15 is 0 Å². The number of rotatable bonds is 4. The number of benzene rings is 5. The van der Waals surface area contributed by atoms with Gasteiger partial charge >= 0.3 is 0 Å². The van der Waals surface area contributed by atoms with Crippen LogP contribution in [0.3, 0.4) is 0 Å². The van der Waals surface area contributed by atoms with Gasteiger partial charge in [0.2, 0.25) is 0 Å².